The van der Waals surface area contributed by atoms with Gasteiger partial charge in [-0.15, -0.1) is 0 Å². The number of nitrogens with zero attached hydrogens (tertiary/aromatic N) is 2. The number of ether oxygens (including phenoxy) is 2. The van der Waals surface area contributed by atoms with Gasteiger partial charge in [-0.25, -0.2) is 0 Å². The summed E-state index contributed by atoms with van der Waals surface area (Å²) < 4.78 is 11.8. The number of hydrogen-bond donors (Lipinski definition) is 1. The summed E-state index contributed by atoms with van der Waals surface area (Å²) in [5.74, 6) is 0.620. The van der Waals surface area contributed by atoms with Crippen molar-refractivity contribution in [1.29, 1.82) is 0 Å². The van der Waals surface area contributed by atoms with Crippen molar-refractivity contribution in [3.63, 3.8) is 0 Å². The molecule has 0 bridgehead atoms. The van der Waals surface area contributed by atoms with Gasteiger partial charge in [0.2, 0.25) is 0 Å². The van der Waals surface area contributed by atoms with Gasteiger partial charge in [0.05, 0.1) is 25.5 Å². The van der Waals surface area contributed by atoms with Crippen molar-refractivity contribution < 1.29 is 9.47 Å². The molecule has 1 aromatic rings. The molecule has 23 heavy (non-hydrogen) atoms. The fourth-order valence-corrected chi connectivity index (χ4v) is 3.79. The van der Waals surface area contributed by atoms with E-state index < -0.39 is 0 Å². The van der Waals surface area contributed by atoms with Crippen LogP contribution in [0.4, 0.5) is 0 Å². The molecule has 130 valence electrons. The van der Waals surface area contributed by atoms with Crippen LogP contribution in [0.3, 0.4) is 0 Å². The maximum atomic E-state index is 6.40. The summed E-state index contributed by atoms with van der Waals surface area (Å²) in [5.41, 5.74) is 3.57. The number of H-pyrrole nitrogens is 1. The van der Waals surface area contributed by atoms with Gasteiger partial charge in [-0.05, 0) is 38.2 Å². The maximum absolute atomic E-state index is 6.40. The SMILES string of the molecule is Cc1[nH]nc(C(OCCN2CCOCC2)C2CCCCC2)c1C. The van der Waals surface area contributed by atoms with Crippen LogP contribution in [0.1, 0.15) is 55.2 Å². The molecule has 1 N–H and O–H groups in total. The lowest BCUT2D eigenvalue weighted by atomic mass is 9.83. The van der Waals surface area contributed by atoms with Gasteiger partial charge >= 0.3 is 0 Å². The number of aromatic amines is 1. The Balaban J connectivity index is 1.61. The Morgan fingerprint density at radius 3 is 2.61 bits per heavy atom. The highest BCUT2D eigenvalue weighted by Crippen LogP contribution is 2.37. The smallest absolute Gasteiger partial charge is 0.104 e. The van der Waals surface area contributed by atoms with Crippen molar-refractivity contribution in [2.24, 2.45) is 5.92 Å². The average Bonchev–Trinajstić information content (AvgIpc) is 2.93. The number of hydrogen-bond acceptors (Lipinski definition) is 4. The molecule has 0 spiro atoms. The second-order valence-corrected chi connectivity index (χ2v) is 7.00. The minimum Gasteiger partial charge on any atom is -0.379 e. The first kappa shape index (κ1) is 16.9. The first-order valence-electron chi connectivity index (χ1n) is 9.19. The lowest BCUT2D eigenvalue weighted by Crippen LogP contribution is -2.38. The van der Waals surface area contributed by atoms with Gasteiger partial charge in [0.15, 0.2) is 0 Å². The largest absolute Gasteiger partial charge is 0.379 e. The van der Waals surface area contributed by atoms with Crippen molar-refractivity contribution in [1.82, 2.24) is 15.1 Å². The van der Waals surface area contributed by atoms with Gasteiger partial charge in [-0.2, -0.15) is 5.10 Å². The molecule has 0 radical (unpaired) electrons. The Morgan fingerprint density at radius 2 is 1.96 bits per heavy atom. The van der Waals surface area contributed by atoms with E-state index in [0.29, 0.717) is 5.92 Å². The second kappa shape index (κ2) is 8.27. The normalized spacial score (nSPS) is 22.3. The number of morpholine rings is 1. The van der Waals surface area contributed by atoms with Crippen LogP contribution >= 0.6 is 0 Å². The summed E-state index contributed by atoms with van der Waals surface area (Å²) in [6.45, 7) is 9.79. The third-order valence-electron chi connectivity index (χ3n) is 5.45. The van der Waals surface area contributed by atoms with Crippen LogP contribution < -0.4 is 0 Å². The Bertz CT molecular complexity index is 477. The Labute approximate surface area is 139 Å². The molecule has 2 fully saturated rings. The Hall–Kier alpha value is -0.910. The lowest BCUT2D eigenvalue weighted by Gasteiger charge is -2.31. The zero-order chi connectivity index (χ0) is 16.1. The lowest BCUT2D eigenvalue weighted by molar-refractivity contribution is -0.0277. The molecule has 0 aromatic carbocycles. The van der Waals surface area contributed by atoms with E-state index in [-0.39, 0.29) is 6.10 Å². The summed E-state index contributed by atoms with van der Waals surface area (Å²) in [4.78, 5) is 2.43. The topological polar surface area (TPSA) is 50.4 Å². The van der Waals surface area contributed by atoms with Crippen LogP contribution in [0.25, 0.3) is 0 Å². The molecule has 1 saturated carbocycles. The molecule has 3 rings (SSSR count). The van der Waals surface area contributed by atoms with E-state index in [9.17, 15) is 0 Å². The van der Waals surface area contributed by atoms with Crippen molar-refractivity contribution in [2.45, 2.75) is 52.1 Å². The standard InChI is InChI=1S/C18H31N3O2/c1-14-15(2)19-20-17(14)18(16-6-4-3-5-7-16)23-13-10-21-8-11-22-12-9-21/h16,18H,3-13H2,1-2H3,(H,19,20). The molecule has 1 saturated heterocycles. The van der Waals surface area contributed by atoms with Crippen LogP contribution in [0, 0.1) is 19.8 Å². The number of rotatable bonds is 6. The summed E-state index contributed by atoms with van der Waals surface area (Å²) in [7, 11) is 0. The van der Waals surface area contributed by atoms with E-state index >= 15 is 0 Å². The van der Waals surface area contributed by atoms with E-state index in [4.69, 9.17) is 9.47 Å². The third kappa shape index (κ3) is 4.34. The zero-order valence-electron chi connectivity index (χ0n) is 14.6. The quantitative estimate of drug-likeness (QED) is 0.875. The van der Waals surface area contributed by atoms with Crippen molar-refractivity contribution in [2.75, 3.05) is 39.5 Å². The predicted molar refractivity (Wildman–Crippen MR) is 90.6 cm³/mol. The van der Waals surface area contributed by atoms with Crippen LogP contribution in [0.15, 0.2) is 0 Å². The molecule has 5 heteroatoms. The van der Waals surface area contributed by atoms with Gasteiger partial charge in [-0.3, -0.25) is 10.00 Å². The van der Waals surface area contributed by atoms with Crippen molar-refractivity contribution in [3.05, 3.63) is 17.0 Å². The minimum absolute atomic E-state index is 0.154. The molecular weight excluding hydrogens is 290 g/mol. The van der Waals surface area contributed by atoms with Gasteiger partial charge in [-0.1, -0.05) is 19.3 Å². The van der Waals surface area contributed by atoms with Gasteiger partial charge in [0.1, 0.15) is 6.10 Å². The molecule has 2 heterocycles. The number of aromatic nitrogens is 2. The number of nitrogens with one attached hydrogen (secondary N) is 1. The molecule has 1 aromatic heterocycles. The molecular formula is C18H31N3O2. The van der Waals surface area contributed by atoms with E-state index in [2.05, 4.69) is 28.9 Å². The van der Waals surface area contributed by atoms with Crippen LogP contribution in [0.2, 0.25) is 0 Å². The van der Waals surface area contributed by atoms with Crippen LogP contribution in [-0.4, -0.2) is 54.6 Å². The van der Waals surface area contributed by atoms with E-state index in [1.807, 2.05) is 0 Å². The molecule has 1 atom stereocenters. The monoisotopic (exact) mass is 321 g/mol. The van der Waals surface area contributed by atoms with Crippen molar-refractivity contribution >= 4 is 0 Å². The van der Waals surface area contributed by atoms with E-state index in [1.54, 1.807) is 0 Å². The fraction of sp³-hybridized carbons (Fsp3) is 0.833. The average molecular weight is 321 g/mol. The molecule has 1 aliphatic heterocycles. The Morgan fingerprint density at radius 1 is 1.22 bits per heavy atom. The van der Waals surface area contributed by atoms with Gasteiger partial charge < -0.3 is 9.47 Å². The minimum atomic E-state index is 0.154. The molecule has 1 aliphatic carbocycles. The Kier molecular flexibility index (Phi) is 6.08. The molecule has 2 aliphatic rings. The summed E-state index contributed by atoms with van der Waals surface area (Å²) in [6, 6.07) is 0. The highest BCUT2D eigenvalue weighted by atomic mass is 16.5. The van der Waals surface area contributed by atoms with Gasteiger partial charge in [0.25, 0.3) is 0 Å². The zero-order valence-corrected chi connectivity index (χ0v) is 14.6. The molecule has 1 unspecified atom stereocenters. The molecule has 0 amide bonds. The highest BCUT2D eigenvalue weighted by Gasteiger charge is 2.29. The second-order valence-electron chi connectivity index (χ2n) is 7.00. The third-order valence-corrected chi connectivity index (χ3v) is 5.45. The summed E-state index contributed by atoms with van der Waals surface area (Å²) in [5, 5.41) is 7.71. The van der Waals surface area contributed by atoms with Gasteiger partial charge in [0, 0.05) is 25.3 Å². The van der Waals surface area contributed by atoms with Crippen LogP contribution in [-0.2, 0) is 9.47 Å². The summed E-state index contributed by atoms with van der Waals surface area (Å²) >= 11 is 0. The molecule has 5 nitrogen and oxygen atoms in total. The van der Waals surface area contributed by atoms with E-state index in [1.165, 1.54) is 37.7 Å². The fourth-order valence-electron chi connectivity index (χ4n) is 3.79. The van der Waals surface area contributed by atoms with E-state index in [0.717, 1.165) is 50.8 Å². The first-order chi connectivity index (χ1) is 11.3. The predicted octanol–water partition coefficient (Wildman–Crippen LogP) is 3.00. The summed E-state index contributed by atoms with van der Waals surface area (Å²) in [6.07, 6.45) is 6.73. The van der Waals surface area contributed by atoms with Crippen LogP contribution in [0.5, 0.6) is 0 Å². The highest BCUT2D eigenvalue weighted by molar-refractivity contribution is 5.24. The maximum Gasteiger partial charge on any atom is 0.104 e. The first-order valence-corrected chi connectivity index (χ1v) is 9.19. The van der Waals surface area contributed by atoms with Crippen molar-refractivity contribution in [3.8, 4) is 0 Å². The number of aryl methyl sites for hydroxylation is 1.